The molecule has 10 nitrogen and oxygen atoms in total. The van der Waals surface area contributed by atoms with Gasteiger partial charge in [0.1, 0.15) is 35.3 Å². The zero-order valence-electron chi connectivity index (χ0n) is 28.4. The number of imidazole rings is 1. The summed E-state index contributed by atoms with van der Waals surface area (Å²) in [7, 11) is 1.68. The maximum atomic E-state index is 14.1. The van der Waals surface area contributed by atoms with Crippen LogP contribution in [0.5, 0.6) is 5.88 Å². The SMILES string of the molecule is COCCn1c(CN2CCC(c3cccc(OCc4sc(C#N)cc4F)n3)CC2)nc2ccc(C(=O)OC(C)c3ccc4cnccc4c3)cc21. The predicted molar refractivity (Wildman–Crippen MR) is 192 cm³/mol. The van der Waals surface area contributed by atoms with Gasteiger partial charge in [-0.05, 0) is 80.2 Å². The van der Waals surface area contributed by atoms with E-state index in [9.17, 15) is 9.18 Å². The fourth-order valence-electron chi connectivity index (χ4n) is 6.53. The number of hydrogen-bond acceptors (Lipinski definition) is 10. The fraction of sp³-hybridized carbons (Fsp3) is 0.308. The van der Waals surface area contributed by atoms with Gasteiger partial charge < -0.3 is 18.8 Å². The molecule has 0 saturated carbocycles. The molecular formula is C39H37FN6O4S. The number of nitriles is 1. The molecule has 5 heterocycles. The van der Waals surface area contributed by atoms with E-state index in [1.165, 1.54) is 6.07 Å². The molecule has 0 N–H and O–H groups in total. The number of esters is 1. The van der Waals surface area contributed by atoms with Crippen LogP contribution in [0.4, 0.5) is 4.39 Å². The number of thiophene rings is 1. The molecule has 2 aromatic carbocycles. The van der Waals surface area contributed by atoms with Crippen molar-refractivity contribution in [2.75, 3.05) is 26.8 Å². The maximum Gasteiger partial charge on any atom is 0.338 e. The van der Waals surface area contributed by atoms with Crippen molar-refractivity contribution in [3.05, 3.63) is 117 Å². The molecule has 0 aliphatic carbocycles. The van der Waals surface area contributed by atoms with Gasteiger partial charge in [-0.1, -0.05) is 18.2 Å². The van der Waals surface area contributed by atoms with E-state index in [4.69, 9.17) is 29.4 Å². The molecule has 1 atom stereocenters. The minimum Gasteiger partial charge on any atom is -0.472 e. The first-order valence-electron chi connectivity index (χ1n) is 16.9. The minimum absolute atomic E-state index is 0.0303. The summed E-state index contributed by atoms with van der Waals surface area (Å²) < 4.78 is 33.4. The lowest BCUT2D eigenvalue weighted by atomic mass is 9.93. The number of methoxy groups -OCH3 is 1. The molecule has 0 amide bonds. The third-order valence-electron chi connectivity index (χ3n) is 9.33. The van der Waals surface area contributed by atoms with E-state index in [1.54, 1.807) is 25.4 Å². The zero-order valence-corrected chi connectivity index (χ0v) is 29.2. The smallest absolute Gasteiger partial charge is 0.338 e. The van der Waals surface area contributed by atoms with E-state index in [0.717, 1.165) is 76.2 Å². The number of aromatic nitrogens is 4. The first-order chi connectivity index (χ1) is 24.9. The van der Waals surface area contributed by atoms with E-state index in [0.29, 0.717) is 40.9 Å². The van der Waals surface area contributed by atoms with Crippen molar-refractivity contribution in [2.24, 2.45) is 0 Å². The van der Waals surface area contributed by atoms with Crippen molar-refractivity contribution < 1.29 is 23.4 Å². The van der Waals surface area contributed by atoms with Crippen LogP contribution in [-0.2, 0) is 29.2 Å². The zero-order chi connectivity index (χ0) is 35.3. The molecule has 0 bridgehead atoms. The van der Waals surface area contributed by atoms with Gasteiger partial charge in [0.2, 0.25) is 5.88 Å². The molecule has 260 valence electrons. The number of likely N-dealkylation sites (tertiary alicyclic amines) is 1. The Balaban J connectivity index is 1.00. The Hall–Kier alpha value is -5.22. The molecule has 1 aliphatic rings. The second kappa shape index (κ2) is 15.3. The Morgan fingerprint density at radius 1 is 1.08 bits per heavy atom. The van der Waals surface area contributed by atoms with E-state index in [-0.39, 0.29) is 12.5 Å². The Morgan fingerprint density at radius 2 is 1.94 bits per heavy atom. The summed E-state index contributed by atoms with van der Waals surface area (Å²) in [6.07, 6.45) is 4.98. The Kier molecular flexibility index (Phi) is 10.3. The number of rotatable bonds is 12. The number of nitrogens with zero attached hydrogens (tertiary/aromatic N) is 6. The summed E-state index contributed by atoms with van der Waals surface area (Å²) in [5.41, 5.74) is 4.02. The van der Waals surface area contributed by atoms with Crippen molar-refractivity contribution >= 4 is 39.1 Å². The van der Waals surface area contributed by atoms with Gasteiger partial charge in [-0.3, -0.25) is 9.88 Å². The van der Waals surface area contributed by atoms with Gasteiger partial charge in [-0.25, -0.2) is 19.2 Å². The summed E-state index contributed by atoms with van der Waals surface area (Å²) in [6, 6.07) is 22.4. The van der Waals surface area contributed by atoms with E-state index < -0.39 is 17.9 Å². The number of pyridine rings is 2. The average molecular weight is 705 g/mol. The standard InChI is InChI=1S/C39H37FN6O4S/c1-25(27-6-7-30-22-42-13-10-28(30)18-27)50-39(47)29-8-9-34-35(19-29)46(16-17-48-2)37(43-34)23-45-14-11-26(12-15-45)33-4-3-5-38(44-33)49-24-36-32(40)20-31(21-41)51-36/h3-10,13,18-20,22,25-26H,11-12,14-17,23-24H2,1-2H3. The number of halogens is 1. The van der Waals surface area contributed by atoms with Gasteiger partial charge in [-0.15, -0.1) is 11.3 Å². The highest BCUT2D eigenvalue weighted by Gasteiger charge is 2.25. The number of fused-ring (bicyclic) bond motifs is 2. The third kappa shape index (κ3) is 7.76. The highest BCUT2D eigenvalue weighted by molar-refractivity contribution is 7.12. The second-order valence-corrected chi connectivity index (χ2v) is 13.8. The molecule has 4 aromatic heterocycles. The van der Waals surface area contributed by atoms with Crippen LogP contribution in [0.15, 0.2) is 79.1 Å². The monoisotopic (exact) mass is 704 g/mol. The molecule has 1 saturated heterocycles. The lowest BCUT2D eigenvalue weighted by molar-refractivity contribution is 0.0338. The fourth-order valence-corrected chi connectivity index (χ4v) is 7.28. The van der Waals surface area contributed by atoms with Crippen LogP contribution in [0.25, 0.3) is 21.8 Å². The normalized spacial score (nSPS) is 14.5. The predicted octanol–water partition coefficient (Wildman–Crippen LogP) is 7.57. The Bertz CT molecular complexity index is 2220. The van der Waals surface area contributed by atoms with Crippen LogP contribution in [-0.4, -0.2) is 57.2 Å². The van der Waals surface area contributed by atoms with Crippen LogP contribution in [0.3, 0.4) is 0 Å². The van der Waals surface area contributed by atoms with Crippen molar-refractivity contribution in [2.45, 2.75) is 51.5 Å². The number of carbonyl (C=O) groups is 1. The third-order valence-corrected chi connectivity index (χ3v) is 10.3. The number of hydrogen-bond donors (Lipinski definition) is 0. The quantitative estimate of drug-likeness (QED) is 0.119. The molecule has 1 fully saturated rings. The summed E-state index contributed by atoms with van der Waals surface area (Å²) in [5, 5.41) is 11.1. The van der Waals surface area contributed by atoms with Gasteiger partial charge in [0.05, 0.1) is 34.6 Å². The molecule has 1 unspecified atom stereocenters. The molecule has 12 heteroatoms. The highest BCUT2D eigenvalue weighted by atomic mass is 32.1. The van der Waals surface area contributed by atoms with Crippen molar-refractivity contribution in [1.82, 2.24) is 24.4 Å². The van der Waals surface area contributed by atoms with Crippen LogP contribution >= 0.6 is 11.3 Å². The molecular weight excluding hydrogens is 668 g/mol. The van der Waals surface area contributed by atoms with E-state index in [1.807, 2.05) is 67.7 Å². The summed E-state index contributed by atoms with van der Waals surface area (Å²) in [6.45, 7) is 5.41. The van der Waals surface area contributed by atoms with Gasteiger partial charge in [0.15, 0.2) is 0 Å². The molecule has 1 aliphatic heterocycles. The summed E-state index contributed by atoms with van der Waals surface area (Å²) in [5.74, 6) is 0.802. The summed E-state index contributed by atoms with van der Waals surface area (Å²) in [4.78, 5) is 30.3. The van der Waals surface area contributed by atoms with Crippen LogP contribution in [0, 0.1) is 17.1 Å². The van der Waals surface area contributed by atoms with Crippen LogP contribution in [0.1, 0.15) is 69.0 Å². The van der Waals surface area contributed by atoms with Gasteiger partial charge in [0, 0.05) is 55.2 Å². The molecule has 6 aromatic rings. The van der Waals surface area contributed by atoms with Gasteiger partial charge >= 0.3 is 5.97 Å². The lowest BCUT2D eigenvalue weighted by Crippen LogP contribution is -2.33. The second-order valence-electron chi connectivity index (χ2n) is 12.6. The average Bonchev–Trinajstić information content (AvgIpc) is 3.70. The lowest BCUT2D eigenvalue weighted by Gasteiger charge is -2.31. The highest BCUT2D eigenvalue weighted by Crippen LogP contribution is 2.30. The number of carbonyl (C=O) groups excluding carboxylic acids is 1. The topological polar surface area (TPSA) is 115 Å². The first-order valence-corrected chi connectivity index (χ1v) is 17.7. The summed E-state index contributed by atoms with van der Waals surface area (Å²) >= 11 is 1.09. The maximum absolute atomic E-state index is 14.1. The van der Waals surface area contributed by atoms with Crippen molar-refractivity contribution in [3.63, 3.8) is 0 Å². The largest absolute Gasteiger partial charge is 0.472 e. The Morgan fingerprint density at radius 3 is 2.75 bits per heavy atom. The number of ether oxygens (including phenoxy) is 3. The van der Waals surface area contributed by atoms with E-state index in [2.05, 4.69) is 14.5 Å². The van der Waals surface area contributed by atoms with Crippen LogP contribution < -0.4 is 4.74 Å². The Labute approximate surface area is 299 Å². The molecule has 0 spiro atoms. The minimum atomic E-state index is -0.431. The number of benzene rings is 2. The van der Waals surface area contributed by atoms with Crippen LogP contribution in [0.2, 0.25) is 0 Å². The number of piperidine rings is 1. The van der Waals surface area contributed by atoms with Crippen molar-refractivity contribution in [1.29, 1.82) is 5.26 Å². The first kappa shape index (κ1) is 34.2. The molecule has 0 radical (unpaired) electrons. The van der Waals surface area contributed by atoms with Crippen molar-refractivity contribution in [3.8, 4) is 11.9 Å². The molecule has 51 heavy (non-hydrogen) atoms. The molecule has 7 rings (SSSR count). The van der Waals surface area contributed by atoms with E-state index >= 15 is 0 Å². The van der Waals surface area contributed by atoms with Gasteiger partial charge in [0.25, 0.3) is 0 Å². The van der Waals surface area contributed by atoms with Gasteiger partial charge in [-0.2, -0.15) is 5.26 Å².